The van der Waals surface area contributed by atoms with E-state index in [1.807, 2.05) is 52.0 Å². The number of fused-ring (bicyclic) bond motifs is 1. The van der Waals surface area contributed by atoms with E-state index in [4.69, 9.17) is 0 Å². The zero-order valence-corrected chi connectivity index (χ0v) is 14.5. The molecule has 0 bridgehead atoms. The van der Waals surface area contributed by atoms with E-state index in [2.05, 4.69) is 4.98 Å². The standard InChI is InChI=1S/C18H22N4O2/c1-5-20-11-19-16-15(20)17(23)21(10-12(2)3)18(24)22(16)14-9-7-6-8-13(14)4/h6-9,11-12H,5,10H2,1-4H3. The van der Waals surface area contributed by atoms with Gasteiger partial charge in [0, 0.05) is 13.1 Å². The Morgan fingerprint density at radius 1 is 1.17 bits per heavy atom. The van der Waals surface area contributed by atoms with Crippen LogP contribution in [-0.4, -0.2) is 18.7 Å². The van der Waals surface area contributed by atoms with Crippen LogP contribution in [0, 0.1) is 12.8 Å². The summed E-state index contributed by atoms with van der Waals surface area (Å²) in [5, 5.41) is 0. The molecule has 0 amide bonds. The summed E-state index contributed by atoms with van der Waals surface area (Å²) < 4.78 is 4.68. The molecule has 1 aromatic carbocycles. The molecule has 0 atom stereocenters. The van der Waals surface area contributed by atoms with Crippen LogP contribution in [0.5, 0.6) is 0 Å². The summed E-state index contributed by atoms with van der Waals surface area (Å²) in [4.78, 5) is 30.3. The molecule has 0 aliphatic heterocycles. The SMILES string of the molecule is CCn1cnc2c1c(=O)n(CC(C)C)c(=O)n2-c1ccccc1C. The predicted molar refractivity (Wildman–Crippen MR) is 94.8 cm³/mol. The lowest BCUT2D eigenvalue weighted by atomic mass is 10.2. The third-order valence-electron chi connectivity index (χ3n) is 4.14. The van der Waals surface area contributed by atoms with Gasteiger partial charge in [0.05, 0.1) is 12.0 Å². The van der Waals surface area contributed by atoms with Gasteiger partial charge in [0.2, 0.25) is 0 Å². The topological polar surface area (TPSA) is 61.8 Å². The summed E-state index contributed by atoms with van der Waals surface area (Å²) in [6.45, 7) is 8.89. The smallest absolute Gasteiger partial charge is 0.325 e. The van der Waals surface area contributed by atoms with Crippen LogP contribution >= 0.6 is 0 Å². The number of para-hydroxylation sites is 1. The summed E-state index contributed by atoms with van der Waals surface area (Å²) in [7, 11) is 0. The van der Waals surface area contributed by atoms with Crippen molar-refractivity contribution in [2.45, 2.75) is 40.8 Å². The highest BCUT2D eigenvalue weighted by Gasteiger charge is 2.19. The minimum Gasteiger partial charge on any atom is -0.325 e. The van der Waals surface area contributed by atoms with E-state index in [1.165, 1.54) is 4.57 Å². The number of aromatic nitrogens is 4. The first kappa shape index (κ1) is 16.2. The van der Waals surface area contributed by atoms with Crippen molar-refractivity contribution in [2.75, 3.05) is 0 Å². The lowest BCUT2D eigenvalue weighted by Crippen LogP contribution is -2.41. The van der Waals surface area contributed by atoms with Crippen molar-refractivity contribution in [1.82, 2.24) is 18.7 Å². The van der Waals surface area contributed by atoms with E-state index in [1.54, 1.807) is 15.5 Å². The first-order chi connectivity index (χ1) is 11.5. The summed E-state index contributed by atoms with van der Waals surface area (Å²) in [5.41, 5.74) is 2.00. The summed E-state index contributed by atoms with van der Waals surface area (Å²) in [6.07, 6.45) is 1.62. The molecular weight excluding hydrogens is 304 g/mol. The third kappa shape index (κ3) is 2.48. The number of hydrogen-bond acceptors (Lipinski definition) is 3. The average Bonchev–Trinajstić information content (AvgIpc) is 2.97. The van der Waals surface area contributed by atoms with Crippen molar-refractivity contribution in [2.24, 2.45) is 5.92 Å². The normalized spacial score (nSPS) is 11.5. The zero-order valence-electron chi connectivity index (χ0n) is 14.5. The molecule has 0 saturated carbocycles. The fourth-order valence-corrected chi connectivity index (χ4v) is 2.98. The summed E-state index contributed by atoms with van der Waals surface area (Å²) in [6, 6.07) is 7.64. The van der Waals surface area contributed by atoms with Crippen molar-refractivity contribution in [3.8, 4) is 5.69 Å². The first-order valence-corrected chi connectivity index (χ1v) is 8.22. The van der Waals surface area contributed by atoms with Crippen molar-refractivity contribution in [3.05, 3.63) is 57.0 Å². The van der Waals surface area contributed by atoms with Gasteiger partial charge >= 0.3 is 5.69 Å². The number of aryl methyl sites for hydroxylation is 2. The molecule has 0 fully saturated rings. The molecule has 3 aromatic rings. The molecule has 2 heterocycles. The maximum absolute atomic E-state index is 13.1. The van der Waals surface area contributed by atoms with Gasteiger partial charge in [-0.15, -0.1) is 0 Å². The van der Waals surface area contributed by atoms with Gasteiger partial charge in [-0.25, -0.2) is 14.3 Å². The first-order valence-electron chi connectivity index (χ1n) is 8.22. The lowest BCUT2D eigenvalue weighted by molar-refractivity contribution is 0.488. The molecule has 6 heteroatoms. The largest absolute Gasteiger partial charge is 0.337 e. The number of imidazole rings is 1. The molecule has 0 spiro atoms. The van der Waals surface area contributed by atoms with Crippen LogP contribution in [0.15, 0.2) is 40.2 Å². The van der Waals surface area contributed by atoms with Crippen LogP contribution in [-0.2, 0) is 13.1 Å². The molecule has 24 heavy (non-hydrogen) atoms. The van der Waals surface area contributed by atoms with Crippen LogP contribution in [0.1, 0.15) is 26.3 Å². The Hall–Kier alpha value is -2.63. The molecule has 3 rings (SSSR count). The Kier molecular flexibility index (Phi) is 4.13. The van der Waals surface area contributed by atoms with Crippen LogP contribution in [0.25, 0.3) is 16.9 Å². The Balaban J connectivity index is 2.49. The quantitative estimate of drug-likeness (QED) is 0.739. The molecule has 2 aromatic heterocycles. The van der Waals surface area contributed by atoms with E-state index < -0.39 is 0 Å². The Morgan fingerprint density at radius 2 is 1.88 bits per heavy atom. The van der Waals surface area contributed by atoms with E-state index in [-0.39, 0.29) is 17.2 Å². The second-order valence-corrected chi connectivity index (χ2v) is 6.42. The highest BCUT2D eigenvalue weighted by atomic mass is 16.2. The Labute approximate surface area is 140 Å². The van der Waals surface area contributed by atoms with Gasteiger partial charge in [0.1, 0.15) is 0 Å². The van der Waals surface area contributed by atoms with Crippen molar-refractivity contribution in [3.63, 3.8) is 0 Å². The maximum Gasteiger partial charge on any atom is 0.337 e. The molecule has 0 aliphatic rings. The zero-order chi connectivity index (χ0) is 17.4. The molecule has 0 saturated heterocycles. The van der Waals surface area contributed by atoms with Gasteiger partial charge < -0.3 is 4.57 Å². The second-order valence-electron chi connectivity index (χ2n) is 6.42. The molecule has 0 N–H and O–H groups in total. The Bertz CT molecular complexity index is 1010. The highest BCUT2D eigenvalue weighted by molar-refractivity contribution is 5.72. The van der Waals surface area contributed by atoms with Gasteiger partial charge in [-0.1, -0.05) is 32.0 Å². The van der Waals surface area contributed by atoms with E-state index in [0.717, 1.165) is 11.3 Å². The second kappa shape index (κ2) is 6.11. The number of rotatable bonds is 4. The molecule has 0 radical (unpaired) electrons. The highest BCUT2D eigenvalue weighted by Crippen LogP contribution is 2.16. The predicted octanol–water partition coefficient (Wildman–Crippen LogP) is 2.33. The lowest BCUT2D eigenvalue weighted by Gasteiger charge is -2.15. The van der Waals surface area contributed by atoms with Gasteiger partial charge in [-0.3, -0.25) is 9.36 Å². The van der Waals surface area contributed by atoms with Crippen LogP contribution in [0.4, 0.5) is 0 Å². The molecule has 126 valence electrons. The van der Waals surface area contributed by atoms with Crippen molar-refractivity contribution < 1.29 is 0 Å². The van der Waals surface area contributed by atoms with Gasteiger partial charge in [0.25, 0.3) is 5.56 Å². The van der Waals surface area contributed by atoms with E-state index >= 15 is 0 Å². The maximum atomic E-state index is 13.1. The average molecular weight is 326 g/mol. The van der Waals surface area contributed by atoms with Crippen LogP contribution < -0.4 is 11.2 Å². The number of hydrogen-bond donors (Lipinski definition) is 0. The van der Waals surface area contributed by atoms with E-state index in [9.17, 15) is 9.59 Å². The van der Waals surface area contributed by atoms with Crippen molar-refractivity contribution in [1.29, 1.82) is 0 Å². The molecule has 0 aliphatic carbocycles. The Morgan fingerprint density at radius 3 is 2.50 bits per heavy atom. The fraction of sp³-hybridized carbons (Fsp3) is 0.389. The van der Waals surface area contributed by atoms with Crippen LogP contribution in [0.3, 0.4) is 0 Å². The van der Waals surface area contributed by atoms with Gasteiger partial charge in [-0.2, -0.15) is 0 Å². The summed E-state index contributed by atoms with van der Waals surface area (Å²) in [5.74, 6) is 0.191. The fourth-order valence-electron chi connectivity index (χ4n) is 2.98. The molecule has 6 nitrogen and oxygen atoms in total. The van der Waals surface area contributed by atoms with Gasteiger partial charge in [-0.05, 0) is 31.4 Å². The third-order valence-corrected chi connectivity index (χ3v) is 4.14. The molecule has 0 unspecified atom stereocenters. The minimum absolute atomic E-state index is 0.191. The van der Waals surface area contributed by atoms with E-state index in [0.29, 0.717) is 24.3 Å². The number of nitrogens with zero attached hydrogens (tertiary/aromatic N) is 4. The number of benzene rings is 1. The molecular formula is C18H22N4O2. The monoisotopic (exact) mass is 326 g/mol. The minimum atomic E-state index is -0.336. The van der Waals surface area contributed by atoms with Crippen molar-refractivity contribution >= 4 is 11.2 Å². The van der Waals surface area contributed by atoms with Crippen LogP contribution in [0.2, 0.25) is 0 Å². The van der Waals surface area contributed by atoms with Gasteiger partial charge in [0.15, 0.2) is 11.2 Å². The summed E-state index contributed by atoms with van der Waals surface area (Å²) >= 11 is 0.